The van der Waals surface area contributed by atoms with Crippen LogP contribution in [0.2, 0.25) is 0 Å². The van der Waals surface area contributed by atoms with Crippen LogP contribution in [-0.2, 0) is 11.0 Å². The molecule has 0 spiro atoms. The lowest BCUT2D eigenvalue weighted by molar-refractivity contribution is -0.137. The zero-order chi connectivity index (χ0) is 16.3. The molecule has 2 N–H and O–H groups in total. The van der Waals surface area contributed by atoms with Crippen molar-refractivity contribution in [2.75, 3.05) is 0 Å². The third-order valence-electron chi connectivity index (χ3n) is 2.88. The minimum absolute atomic E-state index is 0.132. The highest BCUT2D eigenvalue weighted by atomic mass is 32.2. The van der Waals surface area contributed by atoms with Crippen molar-refractivity contribution in [3.05, 3.63) is 23.9 Å². The minimum Gasteiger partial charge on any atom is -0.335 e. The number of carbonyl (C=O) groups excluding carboxylic acids is 2. The molecule has 120 valence electrons. The van der Waals surface area contributed by atoms with Gasteiger partial charge < -0.3 is 5.32 Å². The number of rotatable bonds is 4. The van der Waals surface area contributed by atoms with Gasteiger partial charge in [-0.25, -0.2) is 9.78 Å². The van der Waals surface area contributed by atoms with Crippen molar-refractivity contribution in [2.24, 2.45) is 0 Å². The number of urea groups is 1. The fraction of sp³-hybridized carbons (Fsp3) is 0.462. The van der Waals surface area contributed by atoms with Crippen LogP contribution in [0.15, 0.2) is 23.4 Å². The van der Waals surface area contributed by atoms with E-state index in [0.29, 0.717) is 6.20 Å². The molecular formula is C13H14F3N3O2S. The largest absolute Gasteiger partial charge is 0.417 e. The Morgan fingerprint density at radius 2 is 2.05 bits per heavy atom. The van der Waals surface area contributed by atoms with Crippen molar-refractivity contribution >= 4 is 23.7 Å². The standard InChI is InChI=1S/C13H14F3N3O2S/c1-7(11(20)19-12(21)18-9-3-4-9)22-10-5-2-8(6-17-10)13(14,15)16/h2,5-7,9H,3-4H2,1H3,(H2,18,19,20,21). The highest BCUT2D eigenvalue weighted by Gasteiger charge is 2.31. The predicted octanol–water partition coefficient (Wildman–Crippen LogP) is 2.57. The van der Waals surface area contributed by atoms with E-state index in [0.717, 1.165) is 30.7 Å². The molecule has 1 aliphatic carbocycles. The Morgan fingerprint density at radius 3 is 2.55 bits per heavy atom. The zero-order valence-electron chi connectivity index (χ0n) is 11.6. The number of nitrogens with zero attached hydrogens (tertiary/aromatic N) is 1. The number of alkyl halides is 3. The molecule has 22 heavy (non-hydrogen) atoms. The van der Waals surface area contributed by atoms with Gasteiger partial charge in [-0.2, -0.15) is 13.2 Å². The Hall–Kier alpha value is -1.77. The maximum absolute atomic E-state index is 12.4. The summed E-state index contributed by atoms with van der Waals surface area (Å²) in [4.78, 5) is 26.9. The molecule has 3 amide bonds. The van der Waals surface area contributed by atoms with Crippen molar-refractivity contribution in [1.82, 2.24) is 15.6 Å². The van der Waals surface area contributed by atoms with E-state index >= 15 is 0 Å². The number of imide groups is 1. The highest BCUT2D eigenvalue weighted by molar-refractivity contribution is 8.00. The molecule has 1 aliphatic rings. The number of hydrogen-bond acceptors (Lipinski definition) is 4. The van der Waals surface area contributed by atoms with E-state index in [4.69, 9.17) is 0 Å². The van der Waals surface area contributed by atoms with Crippen LogP contribution in [0, 0.1) is 0 Å². The lowest BCUT2D eigenvalue weighted by Gasteiger charge is -2.12. The fourth-order valence-electron chi connectivity index (χ4n) is 1.52. The van der Waals surface area contributed by atoms with Crippen LogP contribution >= 0.6 is 11.8 Å². The monoisotopic (exact) mass is 333 g/mol. The van der Waals surface area contributed by atoms with E-state index < -0.39 is 28.9 Å². The summed E-state index contributed by atoms with van der Waals surface area (Å²) in [7, 11) is 0. The molecular weight excluding hydrogens is 319 g/mol. The SMILES string of the molecule is CC(Sc1ccc(C(F)(F)F)cn1)C(=O)NC(=O)NC1CC1. The lowest BCUT2D eigenvalue weighted by atomic mass is 10.3. The molecule has 1 aromatic heterocycles. The zero-order valence-corrected chi connectivity index (χ0v) is 12.4. The average Bonchev–Trinajstić information content (AvgIpc) is 3.21. The van der Waals surface area contributed by atoms with E-state index in [1.165, 1.54) is 6.07 Å². The van der Waals surface area contributed by atoms with Gasteiger partial charge in [-0.15, -0.1) is 0 Å². The number of aromatic nitrogens is 1. The van der Waals surface area contributed by atoms with Gasteiger partial charge in [-0.3, -0.25) is 10.1 Å². The normalized spacial score (nSPS) is 16.0. The highest BCUT2D eigenvalue weighted by Crippen LogP contribution is 2.30. The van der Waals surface area contributed by atoms with Crippen LogP contribution in [0.5, 0.6) is 0 Å². The predicted molar refractivity (Wildman–Crippen MR) is 74.3 cm³/mol. The first-order valence-corrected chi connectivity index (χ1v) is 7.45. The van der Waals surface area contributed by atoms with Crippen LogP contribution < -0.4 is 10.6 Å². The summed E-state index contributed by atoms with van der Waals surface area (Å²) >= 11 is 0.977. The summed E-state index contributed by atoms with van der Waals surface area (Å²) in [6, 6.07) is 1.68. The molecule has 1 saturated carbocycles. The van der Waals surface area contributed by atoms with Gasteiger partial charge in [0.1, 0.15) is 0 Å². The Kier molecular flexibility index (Phi) is 4.94. The van der Waals surface area contributed by atoms with Crippen molar-refractivity contribution in [3.8, 4) is 0 Å². The number of thioether (sulfide) groups is 1. The maximum atomic E-state index is 12.4. The molecule has 0 aliphatic heterocycles. The third-order valence-corrected chi connectivity index (χ3v) is 3.93. The van der Waals surface area contributed by atoms with Gasteiger partial charge in [-0.1, -0.05) is 11.8 Å². The molecule has 1 unspecified atom stereocenters. The van der Waals surface area contributed by atoms with E-state index in [9.17, 15) is 22.8 Å². The van der Waals surface area contributed by atoms with Gasteiger partial charge in [0.2, 0.25) is 5.91 Å². The Balaban J connectivity index is 1.86. The van der Waals surface area contributed by atoms with E-state index in [-0.39, 0.29) is 11.1 Å². The average molecular weight is 333 g/mol. The Bertz CT molecular complexity index is 559. The van der Waals surface area contributed by atoms with Crippen LogP contribution in [0.3, 0.4) is 0 Å². The van der Waals surface area contributed by atoms with Crippen LogP contribution in [0.25, 0.3) is 0 Å². The summed E-state index contributed by atoms with van der Waals surface area (Å²) < 4.78 is 37.2. The summed E-state index contributed by atoms with van der Waals surface area (Å²) in [5.41, 5.74) is -0.849. The second kappa shape index (κ2) is 6.55. The minimum atomic E-state index is -4.44. The molecule has 0 bridgehead atoms. The van der Waals surface area contributed by atoms with Gasteiger partial charge in [0.25, 0.3) is 0 Å². The molecule has 5 nitrogen and oxygen atoms in total. The number of hydrogen-bond donors (Lipinski definition) is 2. The Morgan fingerprint density at radius 1 is 1.36 bits per heavy atom. The van der Waals surface area contributed by atoms with Crippen molar-refractivity contribution in [1.29, 1.82) is 0 Å². The number of amides is 3. The van der Waals surface area contributed by atoms with Crippen molar-refractivity contribution in [2.45, 2.75) is 42.3 Å². The van der Waals surface area contributed by atoms with Crippen LogP contribution in [0.1, 0.15) is 25.3 Å². The number of carbonyl (C=O) groups is 2. The lowest BCUT2D eigenvalue weighted by Crippen LogP contribution is -2.43. The summed E-state index contributed by atoms with van der Waals surface area (Å²) in [5, 5.41) is 4.41. The van der Waals surface area contributed by atoms with E-state index in [1.807, 2.05) is 0 Å². The Labute approximate surface area is 129 Å². The molecule has 0 radical (unpaired) electrons. The topological polar surface area (TPSA) is 71.1 Å². The summed E-state index contributed by atoms with van der Waals surface area (Å²) in [6.45, 7) is 1.55. The molecule has 1 atom stereocenters. The third kappa shape index (κ3) is 4.90. The van der Waals surface area contributed by atoms with Crippen molar-refractivity contribution < 1.29 is 22.8 Å². The van der Waals surface area contributed by atoms with Gasteiger partial charge in [-0.05, 0) is 31.9 Å². The van der Waals surface area contributed by atoms with Gasteiger partial charge in [0, 0.05) is 12.2 Å². The molecule has 0 saturated heterocycles. The molecule has 1 fully saturated rings. The van der Waals surface area contributed by atoms with Gasteiger partial charge >= 0.3 is 12.2 Å². The molecule has 1 heterocycles. The number of pyridine rings is 1. The molecule has 1 aromatic rings. The maximum Gasteiger partial charge on any atom is 0.417 e. The summed E-state index contributed by atoms with van der Waals surface area (Å²) in [6.07, 6.45) is -1.92. The fourth-order valence-corrected chi connectivity index (χ4v) is 2.30. The van der Waals surface area contributed by atoms with Crippen LogP contribution in [-0.4, -0.2) is 28.2 Å². The smallest absolute Gasteiger partial charge is 0.335 e. The van der Waals surface area contributed by atoms with E-state index in [2.05, 4.69) is 15.6 Å². The molecule has 9 heteroatoms. The van der Waals surface area contributed by atoms with Gasteiger partial charge in [0.15, 0.2) is 0 Å². The van der Waals surface area contributed by atoms with Crippen molar-refractivity contribution in [3.63, 3.8) is 0 Å². The summed E-state index contributed by atoms with van der Waals surface area (Å²) in [5.74, 6) is -0.523. The number of nitrogens with one attached hydrogen (secondary N) is 2. The van der Waals surface area contributed by atoms with Gasteiger partial charge in [0.05, 0.1) is 15.8 Å². The van der Waals surface area contributed by atoms with Crippen LogP contribution in [0.4, 0.5) is 18.0 Å². The van der Waals surface area contributed by atoms with E-state index in [1.54, 1.807) is 6.92 Å². The quantitative estimate of drug-likeness (QED) is 0.831. The first-order chi connectivity index (χ1) is 10.3. The first-order valence-electron chi connectivity index (χ1n) is 6.57. The first kappa shape index (κ1) is 16.6. The number of halogens is 3. The second-order valence-electron chi connectivity index (χ2n) is 4.88. The molecule has 0 aromatic carbocycles. The molecule has 2 rings (SSSR count). The second-order valence-corrected chi connectivity index (χ2v) is 6.24.